The van der Waals surface area contributed by atoms with Crippen LogP contribution in [0.3, 0.4) is 0 Å². The maximum Gasteiger partial charge on any atom is 0.232 e. The molecule has 168 valence electrons. The van der Waals surface area contributed by atoms with Gasteiger partial charge in [0.1, 0.15) is 11.6 Å². The molecule has 0 fully saturated rings. The van der Waals surface area contributed by atoms with E-state index in [1.807, 2.05) is 0 Å². The summed E-state index contributed by atoms with van der Waals surface area (Å²) >= 11 is 5.43. The maximum absolute atomic E-state index is 5.43. The fourth-order valence-electron chi connectivity index (χ4n) is 4.50. The highest BCUT2D eigenvalue weighted by atomic mass is 32.1. The van der Waals surface area contributed by atoms with E-state index in [-0.39, 0.29) is 0 Å². The molecule has 2 aliphatic rings. The zero-order valence-electron chi connectivity index (χ0n) is 18.6. The molecule has 0 saturated heterocycles. The van der Waals surface area contributed by atoms with Gasteiger partial charge in [-0.1, -0.05) is 54.6 Å². The van der Waals surface area contributed by atoms with Crippen LogP contribution in [0.2, 0.25) is 0 Å². The smallest absolute Gasteiger partial charge is 0.232 e. The number of hydrogen-bond acceptors (Lipinski definition) is 5. The Kier molecular flexibility index (Phi) is 6.21. The van der Waals surface area contributed by atoms with Crippen molar-refractivity contribution in [2.45, 2.75) is 25.9 Å². The zero-order chi connectivity index (χ0) is 22.6. The summed E-state index contributed by atoms with van der Waals surface area (Å²) in [7, 11) is 0. The van der Waals surface area contributed by atoms with E-state index < -0.39 is 0 Å². The van der Waals surface area contributed by atoms with Crippen LogP contribution in [0.4, 0.5) is 17.6 Å². The lowest BCUT2D eigenvalue weighted by atomic mass is 9.99. The summed E-state index contributed by atoms with van der Waals surface area (Å²) in [4.78, 5) is 14.3. The Morgan fingerprint density at radius 2 is 1.39 bits per heavy atom. The molecule has 1 aromatic heterocycles. The minimum absolute atomic E-state index is 0.492. The summed E-state index contributed by atoms with van der Waals surface area (Å²) in [6.07, 6.45) is 3.79. The summed E-state index contributed by atoms with van der Waals surface area (Å²) in [5.41, 5.74) is 5.55. The van der Waals surface area contributed by atoms with Gasteiger partial charge < -0.3 is 20.4 Å². The predicted octanol–water partition coefficient (Wildman–Crippen LogP) is 4.07. The van der Waals surface area contributed by atoms with Crippen LogP contribution >= 0.6 is 12.2 Å². The fourth-order valence-corrected chi connectivity index (χ4v) is 4.67. The van der Waals surface area contributed by atoms with Gasteiger partial charge in [-0.25, -0.2) is 0 Å². The first-order valence-electron chi connectivity index (χ1n) is 11.4. The first kappa shape index (κ1) is 21.4. The van der Waals surface area contributed by atoms with Crippen molar-refractivity contribution in [3.8, 4) is 0 Å². The SMILES string of the molecule is C=CCNC(=S)Nc1nc(N2CCc3ccccc3C2)cc(N2CCc3ccccc3C2)n1. The maximum atomic E-state index is 5.43. The molecule has 3 heterocycles. The molecule has 7 heteroatoms. The van der Waals surface area contributed by atoms with Gasteiger partial charge in [0.05, 0.1) is 0 Å². The number of anilines is 3. The lowest BCUT2D eigenvalue weighted by Gasteiger charge is -2.33. The Morgan fingerprint density at radius 1 is 0.879 bits per heavy atom. The second-order valence-corrected chi connectivity index (χ2v) is 8.82. The molecule has 2 aromatic carbocycles. The van der Waals surface area contributed by atoms with Crippen LogP contribution in [-0.2, 0) is 25.9 Å². The van der Waals surface area contributed by atoms with E-state index in [1.54, 1.807) is 6.08 Å². The number of nitrogens with one attached hydrogen (secondary N) is 2. The Bertz CT molecular complexity index is 1100. The third-order valence-electron chi connectivity index (χ3n) is 6.24. The van der Waals surface area contributed by atoms with Gasteiger partial charge in [-0.2, -0.15) is 9.97 Å². The molecule has 0 aliphatic carbocycles. The molecule has 0 bridgehead atoms. The normalized spacial score (nSPS) is 14.8. The van der Waals surface area contributed by atoms with E-state index in [9.17, 15) is 0 Å². The highest BCUT2D eigenvalue weighted by Crippen LogP contribution is 2.29. The minimum atomic E-state index is 0.492. The number of thiocarbonyl (C=S) groups is 1. The van der Waals surface area contributed by atoms with Crippen LogP contribution in [0.15, 0.2) is 67.3 Å². The number of hydrogen-bond donors (Lipinski definition) is 2. The van der Waals surface area contributed by atoms with Crippen molar-refractivity contribution >= 4 is 34.9 Å². The van der Waals surface area contributed by atoms with Gasteiger partial charge in [0, 0.05) is 38.8 Å². The molecule has 0 radical (unpaired) electrons. The molecular weight excluding hydrogens is 428 g/mol. The molecule has 2 aliphatic heterocycles. The van der Waals surface area contributed by atoms with Gasteiger partial charge in [0.15, 0.2) is 5.11 Å². The predicted molar refractivity (Wildman–Crippen MR) is 139 cm³/mol. The Morgan fingerprint density at radius 3 is 1.91 bits per heavy atom. The molecule has 3 aromatic rings. The van der Waals surface area contributed by atoms with Crippen LogP contribution in [0.1, 0.15) is 22.3 Å². The van der Waals surface area contributed by atoms with Crippen molar-refractivity contribution < 1.29 is 0 Å². The van der Waals surface area contributed by atoms with Crippen LogP contribution in [0, 0.1) is 0 Å². The van der Waals surface area contributed by atoms with Crippen LogP contribution in [0.25, 0.3) is 0 Å². The van der Waals surface area contributed by atoms with Crippen molar-refractivity contribution in [2.75, 3.05) is 34.8 Å². The first-order chi connectivity index (χ1) is 16.2. The van der Waals surface area contributed by atoms with Crippen molar-refractivity contribution in [3.63, 3.8) is 0 Å². The molecule has 0 spiro atoms. The molecule has 5 rings (SSSR count). The number of fused-ring (bicyclic) bond motifs is 2. The summed E-state index contributed by atoms with van der Waals surface area (Å²) in [6, 6.07) is 19.4. The van der Waals surface area contributed by atoms with Crippen molar-refractivity contribution in [1.82, 2.24) is 15.3 Å². The van der Waals surface area contributed by atoms with E-state index in [4.69, 9.17) is 22.2 Å². The molecule has 0 unspecified atom stereocenters. The third-order valence-corrected chi connectivity index (χ3v) is 6.49. The number of aromatic nitrogens is 2. The average molecular weight is 457 g/mol. The van der Waals surface area contributed by atoms with E-state index >= 15 is 0 Å². The van der Waals surface area contributed by atoms with E-state index in [1.165, 1.54) is 22.3 Å². The Labute approximate surface area is 200 Å². The van der Waals surface area contributed by atoms with Crippen LogP contribution in [0.5, 0.6) is 0 Å². The van der Waals surface area contributed by atoms with Gasteiger partial charge in [0.25, 0.3) is 0 Å². The molecule has 2 N–H and O–H groups in total. The number of rotatable bonds is 5. The molecule has 0 amide bonds. The van der Waals surface area contributed by atoms with Crippen LogP contribution in [-0.4, -0.2) is 34.7 Å². The second kappa shape index (κ2) is 9.58. The highest BCUT2D eigenvalue weighted by Gasteiger charge is 2.22. The summed E-state index contributed by atoms with van der Waals surface area (Å²) < 4.78 is 0. The van der Waals surface area contributed by atoms with Crippen molar-refractivity contribution in [1.29, 1.82) is 0 Å². The second-order valence-electron chi connectivity index (χ2n) is 8.41. The lowest BCUT2D eigenvalue weighted by Crippen LogP contribution is -2.34. The molecule has 0 atom stereocenters. The average Bonchev–Trinajstić information content (AvgIpc) is 2.86. The van der Waals surface area contributed by atoms with Crippen molar-refractivity contribution in [3.05, 3.63) is 89.5 Å². The third kappa shape index (κ3) is 4.83. The van der Waals surface area contributed by atoms with Gasteiger partial charge in [-0.3, -0.25) is 0 Å². The largest absolute Gasteiger partial charge is 0.359 e. The number of benzene rings is 2. The highest BCUT2D eigenvalue weighted by molar-refractivity contribution is 7.80. The molecule has 33 heavy (non-hydrogen) atoms. The van der Waals surface area contributed by atoms with E-state index in [2.05, 4.69) is 81.6 Å². The topological polar surface area (TPSA) is 56.3 Å². The lowest BCUT2D eigenvalue weighted by molar-refractivity contribution is 0.706. The van der Waals surface area contributed by atoms with Crippen LogP contribution < -0.4 is 20.4 Å². The van der Waals surface area contributed by atoms with E-state index in [0.29, 0.717) is 17.6 Å². The quantitative estimate of drug-likeness (QED) is 0.443. The monoisotopic (exact) mass is 456 g/mol. The van der Waals surface area contributed by atoms with Gasteiger partial charge in [0.2, 0.25) is 5.95 Å². The summed E-state index contributed by atoms with van der Waals surface area (Å²) in [5, 5.41) is 6.76. The molecule has 6 nitrogen and oxygen atoms in total. The molecule has 0 saturated carbocycles. The number of nitrogens with zero attached hydrogens (tertiary/aromatic N) is 4. The standard InChI is InChI=1S/C26H28N6S/c1-2-13-27-26(33)30-25-28-23(31-14-11-19-7-3-5-9-21(19)17-31)16-24(29-25)32-15-12-20-8-4-6-10-22(20)18-32/h2-10,16H,1,11-15,17-18H2,(H2,27,28,29,30,33). The van der Waals surface area contributed by atoms with Gasteiger partial charge in [-0.15, -0.1) is 6.58 Å². The first-order valence-corrected chi connectivity index (χ1v) is 11.8. The van der Waals surface area contributed by atoms with Gasteiger partial charge >= 0.3 is 0 Å². The van der Waals surface area contributed by atoms with Crippen molar-refractivity contribution in [2.24, 2.45) is 0 Å². The Balaban J connectivity index is 1.45. The summed E-state index contributed by atoms with van der Waals surface area (Å²) in [6.45, 7) is 7.85. The summed E-state index contributed by atoms with van der Waals surface area (Å²) in [5.74, 6) is 2.35. The van der Waals surface area contributed by atoms with E-state index in [0.717, 1.165) is 50.7 Å². The van der Waals surface area contributed by atoms with Gasteiger partial charge in [-0.05, 0) is 47.3 Å². The zero-order valence-corrected chi connectivity index (χ0v) is 19.4. The Hall–Kier alpha value is -3.45. The molecular formula is C26H28N6S. The minimum Gasteiger partial charge on any atom is -0.359 e. The fraction of sp³-hybridized carbons (Fsp3) is 0.269.